The van der Waals surface area contributed by atoms with Crippen LogP contribution in [0.15, 0.2) is 0 Å². The molecule has 17 heavy (non-hydrogen) atoms. The second-order valence-corrected chi connectivity index (χ2v) is 5.67. The van der Waals surface area contributed by atoms with Crippen molar-refractivity contribution >= 4 is 0 Å². The summed E-state index contributed by atoms with van der Waals surface area (Å²) < 4.78 is 5.66. The maximum Gasteiger partial charge on any atom is 0.0683 e. The molecule has 2 atom stereocenters. The topological polar surface area (TPSA) is 45.0 Å². The van der Waals surface area contributed by atoms with Gasteiger partial charge in [-0.1, -0.05) is 6.92 Å². The van der Waals surface area contributed by atoms with Gasteiger partial charge in [-0.2, -0.15) is 5.26 Å². The van der Waals surface area contributed by atoms with E-state index in [1.54, 1.807) is 0 Å². The molecule has 3 nitrogen and oxygen atoms in total. The van der Waals surface area contributed by atoms with Gasteiger partial charge in [0.1, 0.15) is 0 Å². The number of hydrogen-bond donors (Lipinski definition) is 1. The number of rotatable bonds is 7. The number of ether oxygens (including phenoxy) is 1. The van der Waals surface area contributed by atoms with Gasteiger partial charge in [-0.15, -0.1) is 0 Å². The molecule has 0 aliphatic carbocycles. The Labute approximate surface area is 106 Å². The fourth-order valence-corrected chi connectivity index (χ4v) is 2.38. The summed E-state index contributed by atoms with van der Waals surface area (Å²) >= 11 is 0. The first-order chi connectivity index (χ1) is 8.09. The molecule has 0 spiro atoms. The number of nitrogens with zero attached hydrogens (tertiary/aromatic N) is 1. The molecule has 0 saturated carbocycles. The lowest BCUT2D eigenvalue weighted by Crippen LogP contribution is -2.29. The summed E-state index contributed by atoms with van der Waals surface area (Å²) in [7, 11) is 0. The molecular weight excluding hydrogens is 212 g/mol. The number of nitriles is 1. The second kappa shape index (κ2) is 6.98. The van der Waals surface area contributed by atoms with Gasteiger partial charge in [0.15, 0.2) is 0 Å². The second-order valence-electron chi connectivity index (χ2n) is 5.67. The predicted octanol–water partition coefficient (Wildman–Crippen LogP) is 2.72. The van der Waals surface area contributed by atoms with E-state index in [1.807, 2.05) is 13.8 Å². The molecule has 0 aromatic heterocycles. The van der Waals surface area contributed by atoms with Gasteiger partial charge in [0, 0.05) is 13.2 Å². The van der Waals surface area contributed by atoms with E-state index in [1.165, 1.54) is 6.42 Å². The number of hydrogen-bond acceptors (Lipinski definition) is 3. The van der Waals surface area contributed by atoms with Crippen molar-refractivity contribution in [1.82, 2.24) is 5.32 Å². The molecule has 1 aliphatic heterocycles. The van der Waals surface area contributed by atoms with Crippen molar-refractivity contribution in [2.24, 2.45) is 11.3 Å². The third-order valence-corrected chi connectivity index (χ3v) is 3.61. The van der Waals surface area contributed by atoms with Gasteiger partial charge in [-0.3, -0.25) is 0 Å². The van der Waals surface area contributed by atoms with E-state index in [0.29, 0.717) is 12.0 Å². The molecular formula is C14H26N2O. The van der Waals surface area contributed by atoms with Crippen molar-refractivity contribution in [3.05, 3.63) is 0 Å². The van der Waals surface area contributed by atoms with Crippen molar-refractivity contribution in [3.63, 3.8) is 0 Å². The van der Waals surface area contributed by atoms with Crippen LogP contribution in [0.25, 0.3) is 0 Å². The van der Waals surface area contributed by atoms with Crippen molar-refractivity contribution in [2.45, 2.75) is 52.6 Å². The average molecular weight is 238 g/mol. The Morgan fingerprint density at radius 3 is 2.88 bits per heavy atom. The molecule has 1 aliphatic rings. The zero-order chi connectivity index (χ0) is 12.7. The highest BCUT2D eigenvalue weighted by atomic mass is 16.5. The Balaban J connectivity index is 2.07. The molecule has 0 aromatic rings. The average Bonchev–Trinajstić information content (AvgIpc) is 2.76. The van der Waals surface area contributed by atoms with E-state index in [0.717, 1.165) is 39.0 Å². The Kier molecular flexibility index (Phi) is 5.94. The van der Waals surface area contributed by atoms with Crippen LogP contribution in [0, 0.1) is 22.7 Å². The van der Waals surface area contributed by atoms with Crippen LogP contribution >= 0.6 is 0 Å². The van der Waals surface area contributed by atoms with Crippen molar-refractivity contribution in [1.29, 1.82) is 5.26 Å². The molecule has 1 saturated heterocycles. The van der Waals surface area contributed by atoms with Crippen molar-refractivity contribution in [3.8, 4) is 6.07 Å². The molecule has 0 aromatic carbocycles. The Hall–Kier alpha value is -0.590. The standard InChI is InChI=1S/C14H26N2O/c1-4-13-12(6-9-17-13)10-16-8-5-7-14(2,3)11-15/h12-13,16H,4-10H2,1-3H3. The first kappa shape index (κ1) is 14.5. The summed E-state index contributed by atoms with van der Waals surface area (Å²) in [5.41, 5.74) is -0.176. The van der Waals surface area contributed by atoms with E-state index < -0.39 is 0 Å². The largest absolute Gasteiger partial charge is 0.378 e. The molecule has 3 heteroatoms. The lowest BCUT2D eigenvalue weighted by Gasteiger charge is -2.18. The van der Waals surface area contributed by atoms with E-state index >= 15 is 0 Å². The maximum absolute atomic E-state index is 8.90. The van der Waals surface area contributed by atoms with E-state index in [9.17, 15) is 0 Å². The summed E-state index contributed by atoms with van der Waals surface area (Å²) in [4.78, 5) is 0. The van der Waals surface area contributed by atoms with Gasteiger partial charge in [0.2, 0.25) is 0 Å². The summed E-state index contributed by atoms with van der Waals surface area (Å²) in [5.74, 6) is 0.684. The van der Waals surface area contributed by atoms with Gasteiger partial charge >= 0.3 is 0 Å². The molecule has 1 N–H and O–H groups in total. The molecule has 0 amide bonds. The van der Waals surface area contributed by atoms with E-state index in [4.69, 9.17) is 10.00 Å². The minimum absolute atomic E-state index is 0.176. The van der Waals surface area contributed by atoms with Crippen LogP contribution in [-0.2, 0) is 4.74 Å². The van der Waals surface area contributed by atoms with Crippen LogP contribution in [-0.4, -0.2) is 25.8 Å². The third kappa shape index (κ3) is 5.06. The fraction of sp³-hybridized carbons (Fsp3) is 0.929. The zero-order valence-corrected chi connectivity index (χ0v) is 11.5. The molecule has 0 radical (unpaired) electrons. The molecule has 0 bridgehead atoms. The Morgan fingerprint density at radius 2 is 2.24 bits per heavy atom. The Bertz CT molecular complexity index is 257. The van der Waals surface area contributed by atoms with Gasteiger partial charge in [0.25, 0.3) is 0 Å². The molecule has 1 fully saturated rings. The fourth-order valence-electron chi connectivity index (χ4n) is 2.38. The van der Waals surface area contributed by atoms with Crippen molar-refractivity contribution < 1.29 is 4.74 Å². The van der Waals surface area contributed by atoms with Crippen LogP contribution < -0.4 is 5.32 Å². The Morgan fingerprint density at radius 1 is 1.47 bits per heavy atom. The quantitative estimate of drug-likeness (QED) is 0.694. The van der Waals surface area contributed by atoms with Crippen LogP contribution in [0.4, 0.5) is 0 Å². The summed E-state index contributed by atoms with van der Waals surface area (Å²) in [6.45, 7) is 9.20. The molecule has 2 unspecified atom stereocenters. The minimum atomic E-state index is -0.176. The summed E-state index contributed by atoms with van der Waals surface area (Å²) in [6.07, 6.45) is 4.81. The molecule has 1 heterocycles. The third-order valence-electron chi connectivity index (χ3n) is 3.61. The van der Waals surface area contributed by atoms with Gasteiger partial charge in [-0.25, -0.2) is 0 Å². The van der Waals surface area contributed by atoms with Gasteiger partial charge < -0.3 is 10.1 Å². The van der Waals surface area contributed by atoms with Crippen LogP contribution in [0.5, 0.6) is 0 Å². The first-order valence-corrected chi connectivity index (χ1v) is 6.82. The SMILES string of the molecule is CCC1OCCC1CNCCCC(C)(C)C#N. The smallest absolute Gasteiger partial charge is 0.0683 e. The van der Waals surface area contributed by atoms with E-state index in [-0.39, 0.29) is 5.41 Å². The highest BCUT2D eigenvalue weighted by Crippen LogP contribution is 2.23. The highest BCUT2D eigenvalue weighted by Gasteiger charge is 2.25. The van der Waals surface area contributed by atoms with Crippen LogP contribution in [0.1, 0.15) is 46.5 Å². The van der Waals surface area contributed by atoms with E-state index in [2.05, 4.69) is 18.3 Å². The lowest BCUT2D eigenvalue weighted by molar-refractivity contribution is 0.0873. The number of nitrogens with one attached hydrogen (secondary N) is 1. The van der Waals surface area contributed by atoms with Gasteiger partial charge in [-0.05, 0) is 52.0 Å². The highest BCUT2D eigenvalue weighted by molar-refractivity contribution is 4.91. The first-order valence-electron chi connectivity index (χ1n) is 6.82. The van der Waals surface area contributed by atoms with Crippen LogP contribution in [0.3, 0.4) is 0 Å². The zero-order valence-electron chi connectivity index (χ0n) is 11.5. The minimum Gasteiger partial charge on any atom is -0.378 e. The molecule has 1 rings (SSSR count). The predicted molar refractivity (Wildman–Crippen MR) is 69.6 cm³/mol. The lowest BCUT2D eigenvalue weighted by atomic mass is 9.90. The van der Waals surface area contributed by atoms with Gasteiger partial charge in [0.05, 0.1) is 17.6 Å². The van der Waals surface area contributed by atoms with Crippen molar-refractivity contribution in [2.75, 3.05) is 19.7 Å². The normalized spacial score (nSPS) is 24.8. The monoisotopic (exact) mass is 238 g/mol. The molecule has 98 valence electrons. The maximum atomic E-state index is 8.90. The van der Waals surface area contributed by atoms with Crippen LogP contribution in [0.2, 0.25) is 0 Å². The summed E-state index contributed by atoms with van der Waals surface area (Å²) in [6, 6.07) is 2.34. The summed E-state index contributed by atoms with van der Waals surface area (Å²) in [5, 5.41) is 12.4.